The molecule has 0 aliphatic heterocycles. The maximum atomic E-state index is 11.7. The Hall–Kier alpha value is -2.79. The summed E-state index contributed by atoms with van der Waals surface area (Å²) in [6, 6.07) is 6.29. The van der Waals surface area contributed by atoms with E-state index >= 15 is 0 Å². The van der Waals surface area contributed by atoms with Crippen molar-refractivity contribution in [3.8, 4) is 6.07 Å². The molecule has 5 N–H and O–H groups in total. The van der Waals surface area contributed by atoms with Gasteiger partial charge in [-0.3, -0.25) is 16.2 Å². The molecule has 1 aromatic carbocycles. The smallest absolute Gasteiger partial charge is 0.412 e. The molecule has 0 spiro atoms. The Labute approximate surface area is 138 Å². The van der Waals surface area contributed by atoms with E-state index in [-0.39, 0.29) is 5.71 Å². The number of hydrazone groups is 1. The number of nitrogens with two attached hydrogens (primary N) is 1. The van der Waals surface area contributed by atoms with Crippen LogP contribution in [-0.2, 0) is 4.74 Å². The summed E-state index contributed by atoms with van der Waals surface area (Å²) in [7, 11) is 0. The van der Waals surface area contributed by atoms with Gasteiger partial charge < -0.3 is 10.5 Å². The summed E-state index contributed by atoms with van der Waals surface area (Å²) < 4.78 is 5.14. The first-order valence-corrected chi connectivity index (χ1v) is 6.88. The molecule has 0 saturated carbocycles. The molecule has 8 nitrogen and oxygen atoms in total. The van der Waals surface area contributed by atoms with Gasteiger partial charge in [-0.25, -0.2) is 4.79 Å². The maximum absolute atomic E-state index is 11.7. The van der Waals surface area contributed by atoms with E-state index in [9.17, 15) is 4.79 Å². The molecule has 0 atom stereocenters. The van der Waals surface area contributed by atoms with Gasteiger partial charge in [0.2, 0.25) is 5.71 Å². The number of rotatable bonds is 4. The Bertz CT molecular complexity index is 687. The minimum absolute atomic E-state index is 0.286. The summed E-state index contributed by atoms with van der Waals surface area (Å²) in [5, 5.41) is 22.5. The fourth-order valence-corrected chi connectivity index (χ4v) is 1.53. The highest BCUT2D eigenvalue weighted by molar-refractivity contribution is 6.46. The van der Waals surface area contributed by atoms with Gasteiger partial charge in [0.1, 0.15) is 11.7 Å². The number of halogens is 1. The summed E-state index contributed by atoms with van der Waals surface area (Å²) in [4.78, 5) is 11.7. The van der Waals surface area contributed by atoms with E-state index in [0.29, 0.717) is 16.4 Å². The number of nitrogens with one attached hydrogen (secondary N) is 3. The average molecular weight is 337 g/mol. The number of benzene rings is 1. The van der Waals surface area contributed by atoms with Gasteiger partial charge in [0.25, 0.3) is 0 Å². The van der Waals surface area contributed by atoms with Crippen molar-refractivity contribution in [3.05, 3.63) is 23.2 Å². The molecule has 0 aliphatic rings. The molecule has 1 rings (SSSR count). The zero-order valence-corrected chi connectivity index (χ0v) is 13.7. The van der Waals surface area contributed by atoms with E-state index in [1.165, 1.54) is 12.1 Å². The molecule has 0 aliphatic carbocycles. The highest BCUT2D eigenvalue weighted by Crippen LogP contribution is 2.26. The van der Waals surface area contributed by atoms with Crippen molar-refractivity contribution in [2.24, 2.45) is 10.8 Å². The number of hydrogen-bond acceptors (Lipinski definition) is 6. The zero-order chi connectivity index (χ0) is 17.6. The van der Waals surface area contributed by atoms with Crippen molar-refractivity contribution >= 4 is 40.6 Å². The van der Waals surface area contributed by atoms with Gasteiger partial charge >= 0.3 is 6.09 Å². The lowest BCUT2D eigenvalue weighted by Crippen LogP contribution is -2.27. The van der Waals surface area contributed by atoms with E-state index in [4.69, 9.17) is 32.7 Å². The Balaban J connectivity index is 2.90. The third kappa shape index (κ3) is 6.23. The molecular formula is C14H17ClN6O2. The van der Waals surface area contributed by atoms with E-state index in [0.717, 1.165) is 0 Å². The zero-order valence-electron chi connectivity index (χ0n) is 12.9. The summed E-state index contributed by atoms with van der Waals surface area (Å²) >= 11 is 6.00. The Morgan fingerprint density at radius 3 is 2.65 bits per heavy atom. The molecule has 1 amide bonds. The minimum Gasteiger partial charge on any atom is -0.444 e. The Morgan fingerprint density at radius 2 is 2.13 bits per heavy atom. The van der Waals surface area contributed by atoms with Crippen LogP contribution < -0.4 is 16.5 Å². The predicted octanol–water partition coefficient (Wildman–Crippen LogP) is 2.91. The number of ether oxygens (including phenoxy) is 1. The maximum Gasteiger partial charge on any atom is 0.412 e. The molecule has 0 heterocycles. The van der Waals surface area contributed by atoms with Crippen molar-refractivity contribution in [2.45, 2.75) is 26.4 Å². The minimum atomic E-state index is -0.620. The summed E-state index contributed by atoms with van der Waals surface area (Å²) in [5.74, 6) is -0.473. The van der Waals surface area contributed by atoms with Gasteiger partial charge in [-0.1, -0.05) is 11.6 Å². The second-order valence-electron chi connectivity index (χ2n) is 5.42. The largest absolute Gasteiger partial charge is 0.444 e. The SMILES string of the molecule is CC(C)(C)OC(=O)Nc1ccc(Cl)c(N/N=C(\C#N)C(=N)N)c1. The molecule has 23 heavy (non-hydrogen) atoms. The topological polar surface area (TPSA) is 136 Å². The fourth-order valence-electron chi connectivity index (χ4n) is 1.37. The van der Waals surface area contributed by atoms with Crippen molar-refractivity contribution in [1.29, 1.82) is 10.7 Å². The van der Waals surface area contributed by atoms with Crippen LogP contribution in [0.15, 0.2) is 23.3 Å². The van der Waals surface area contributed by atoms with Gasteiger partial charge in [-0.2, -0.15) is 10.4 Å². The Kier molecular flexibility index (Phi) is 5.93. The predicted molar refractivity (Wildman–Crippen MR) is 89.9 cm³/mol. The van der Waals surface area contributed by atoms with Crippen LogP contribution in [0.1, 0.15) is 20.8 Å². The first-order chi connectivity index (χ1) is 10.6. The van der Waals surface area contributed by atoms with Crippen molar-refractivity contribution in [3.63, 3.8) is 0 Å². The van der Waals surface area contributed by atoms with Gasteiger partial charge in [-0.05, 0) is 39.0 Å². The lowest BCUT2D eigenvalue weighted by Gasteiger charge is -2.19. The second kappa shape index (κ2) is 7.47. The van der Waals surface area contributed by atoms with Gasteiger partial charge in [0.15, 0.2) is 5.84 Å². The van der Waals surface area contributed by atoms with Gasteiger partial charge in [-0.15, -0.1) is 0 Å². The number of nitriles is 1. The molecule has 0 aromatic heterocycles. The molecule has 0 fully saturated rings. The lowest BCUT2D eigenvalue weighted by atomic mass is 10.2. The molecule has 0 radical (unpaired) electrons. The molecule has 9 heteroatoms. The van der Waals surface area contributed by atoms with E-state index in [1.54, 1.807) is 32.9 Å². The molecule has 0 unspecified atom stereocenters. The normalized spacial score (nSPS) is 11.3. The monoisotopic (exact) mass is 336 g/mol. The Morgan fingerprint density at radius 1 is 1.48 bits per heavy atom. The quantitative estimate of drug-likeness (QED) is 0.380. The fraction of sp³-hybridized carbons (Fsp3) is 0.286. The van der Waals surface area contributed by atoms with Crippen LogP contribution in [0, 0.1) is 16.7 Å². The molecule has 0 saturated heterocycles. The number of carbonyl (C=O) groups excluding carboxylic acids is 1. The first-order valence-electron chi connectivity index (χ1n) is 6.50. The number of amides is 1. The van der Waals surface area contributed by atoms with Crippen LogP contribution >= 0.6 is 11.6 Å². The van der Waals surface area contributed by atoms with Crippen LogP contribution in [-0.4, -0.2) is 23.2 Å². The highest BCUT2D eigenvalue weighted by atomic mass is 35.5. The lowest BCUT2D eigenvalue weighted by molar-refractivity contribution is 0.0636. The van der Waals surface area contributed by atoms with Crippen molar-refractivity contribution < 1.29 is 9.53 Å². The van der Waals surface area contributed by atoms with Crippen LogP contribution in [0.2, 0.25) is 5.02 Å². The van der Waals surface area contributed by atoms with E-state index in [2.05, 4.69) is 15.8 Å². The molecule has 1 aromatic rings. The molecule has 0 bridgehead atoms. The first kappa shape index (κ1) is 18.3. The summed E-state index contributed by atoms with van der Waals surface area (Å²) in [5.41, 5.74) is 7.56. The van der Waals surface area contributed by atoms with Crippen LogP contribution in [0.5, 0.6) is 0 Å². The number of anilines is 2. The summed E-state index contributed by atoms with van der Waals surface area (Å²) in [6.07, 6.45) is -0.615. The van der Waals surface area contributed by atoms with Crippen LogP contribution in [0.4, 0.5) is 16.2 Å². The van der Waals surface area contributed by atoms with Gasteiger partial charge in [0.05, 0.1) is 10.7 Å². The second-order valence-corrected chi connectivity index (χ2v) is 5.83. The number of hydrogen-bond donors (Lipinski definition) is 4. The third-order valence-electron chi connectivity index (χ3n) is 2.26. The van der Waals surface area contributed by atoms with E-state index < -0.39 is 17.5 Å². The van der Waals surface area contributed by atoms with Gasteiger partial charge in [0, 0.05) is 5.69 Å². The molecular weight excluding hydrogens is 320 g/mol. The van der Waals surface area contributed by atoms with Crippen LogP contribution in [0.25, 0.3) is 0 Å². The number of nitrogens with zero attached hydrogens (tertiary/aromatic N) is 2. The van der Waals surface area contributed by atoms with E-state index in [1.807, 2.05) is 0 Å². The number of carbonyl (C=O) groups is 1. The summed E-state index contributed by atoms with van der Waals surface area (Å²) in [6.45, 7) is 5.25. The highest BCUT2D eigenvalue weighted by Gasteiger charge is 2.16. The third-order valence-corrected chi connectivity index (χ3v) is 2.59. The number of amidine groups is 1. The average Bonchev–Trinajstić information content (AvgIpc) is 2.40. The van der Waals surface area contributed by atoms with Crippen molar-refractivity contribution in [2.75, 3.05) is 10.7 Å². The molecule has 122 valence electrons. The standard InChI is InChI=1S/C14H17ClN6O2/c1-14(2,3)23-13(22)19-8-4-5-9(15)10(6-8)20-21-11(7-16)12(17)18/h4-6,20H,1-3H3,(H3,17,18)(H,19,22)/b21-11+. The van der Waals surface area contributed by atoms with Crippen LogP contribution in [0.3, 0.4) is 0 Å². The van der Waals surface area contributed by atoms with Crippen molar-refractivity contribution in [1.82, 2.24) is 0 Å².